The lowest BCUT2D eigenvalue weighted by atomic mass is 9.95. The lowest BCUT2D eigenvalue weighted by Crippen LogP contribution is -2.25. The normalized spacial score (nSPS) is 29.5. The summed E-state index contributed by atoms with van der Waals surface area (Å²) in [7, 11) is 0. The van der Waals surface area contributed by atoms with Crippen LogP contribution in [-0.4, -0.2) is 11.9 Å². The molecule has 3 nitrogen and oxygen atoms in total. The van der Waals surface area contributed by atoms with Crippen LogP contribution in [0.25, 0.3) is 0 Å². The second-order valence-electron chi connectivity index (χ2n) is 5.40. The van der Waals surface area contributed by atoms with Crippen molar-refractivity contribution in [1.82, 2.24) is 0 Å². The summed E-state index contributed by atoms with van der Waals surface area (Å²) in [5, 5.41) is 3.95. The first-order valence-corrected chi connectivity index (χ1v) is 6.89. The number of rotatable bonds is 3. The fourth-order valence-electron chi connectivity index (χ4n) is 3.11. The summed E-state index contributed by atoms with van der Waals surface area (Å²) < 4.78 is 0. The van der Waals surface area contributed by atoms with Crippen molar-refractivity contribution < 1.29 is 4.79 Å². The molecule has 3 atom stereocenters. The number of carbonyl (C=O) groups is 1. The van der Waals surface area contributed by atoms with E-state index in [1.54, 1.807) is 12.1 Å². The van der Waals surface area contributed by atoms with Crippen LogP contribution in [0.1, 0.15) is 36.0 Å². The Morgan fingerprint density at radius 1 is 1.39 bits per heavy atom. The lowest BCUT2D eigenvalue weighted by Gasteiger charge is -2.24. The van der Waals surface area contributed by atoms with Crippen molar-refractivity contribution in [3.05, 3.63) is 28.8 Å². The zero-order valence-corrected chi connectivity index (χ0v) is 10.9. The Balaban J connectivity index is 1.76. The van der Waals surface area contributed by atoms with Gasteiger partial charge in [0.1, 0.15) is 0 Å². The largest absolute Gasteiger partial charge is 0.382 e. The Morgan fingerprint density at radius 2 is 2.22 bits per heavy atom. The molecule has 2 aliphatic carbocycles. The summed E-state index contributed by atoms with van der Waals surface area (Å²) in [5.41, 5.74) is 6.64. The zero-order chi connectivity index (χ0) is 12.7. The molecule has 0 heterocycles. The average molecular weight is 265 g/mol. The van der Waals surface area contributed by atoms with E-state index in [4.69, 9.17) is 17.3 Å². The van der Waals surface area contributed by atoms with Crippen molar-refractivity contribution in [2.24, 2.45) is 17.6 Å². The maximum Gasteiger partial charge on any atom is 0.250 e. The monoisotopic (exact) mass is 264 g/mol. The number of amides is 1. The summed E-state index contributed by atoms with van der Waals surface area (Å²) in [5.74, 6) is 1.28. The first-order valence-electron chi connectivity index (χ1n) is 6.51. The molecule has 0 radical (unpaired) electrons. The highest BCUT2D eigenvalue weighted by Gasteiger charge is 2.45. The number of halogens is 1. The van der Waals surface area contributed by atoms with E-state index in [9.17, 15) is 4.79 Å². The van der Waals surface area contributed by atoms with Crippen molar-refractivity contribution in [1.29, 1.82) is 0 Å². The zero-order valence-electron chi connectivity index (χ0n) is 10.2. The number of benzene rings is 1. The van der Waals surface area contributed by atoms with Crippen LogP contribution in [0, 0.1) is 11.8 Å². The van der Waals surface area contributed by atoms with Crippen LogP contribution in [0.15, 0.2) is 18.2 Å². The number of primary amides is 1. The molecule has 2 saturated carbocycles. The standard InChI is InChI=1S/C14H17ClN2O/c15-12-5-4-9(7-11(12)14(16)18)17-13-3-1-2-8-6-10(8)13/h4-5,7-8,10,13,17H,1-3,6H2,(H2,16,18). The van der Waals surface area contributed by atoms with Crippen molar-refractivity contribution >= 4 is 23.2 Å². The van der Waals surface area contributed by atoms with Gasteiger partial charge in [0.05, 0.1) is 10.6 Å². The number of fused-ring (bicyclic) bond motifs is 1. The van der Waals surface area contributed by atoms with Crippen LogP contribution >= 0.6 is 11.6 Å². The summed E-state index contributed by atoms with van der Waals surface area (Å²) in [6, 6.07) is 5.96. The molecule has 96 valence electrons. The van der Waals surface area contributed by atoms with Crippen LogP contribution in [0.4, 0.5) is 5.69 Å². The van der Waals surface area contributed by atoms with Gasteiger partial charge in [-0.25, -0.2) is 0 Å². The minimum absolute atomic E-state index is 0.393. The third-order valence-electron chi connectivity index (χ3n) is 4.17. The highest BCUT2D eigenvalue weighted by Crippen LogP contribution is 2.50. The van der Waals surface area contributed by atoms with Crippen LogP contribution < -0.4 is 11.1 Å². The van der Waals surface area contributed by atoms with Gasteiger partial charge in [-0.15, -0.1) is 0 Å². The average Bonchev–Trinajstić information content (AvgIpc) is 3.11. The molecule has 0 saturated heterocycles. The quantitative estimate of drug-likeness (QED) is 0.882. The molecule has 0 aromatic heterocycles. The second kappa shape index (κ2) is 4.47. The fraction of sp³-hybridized carbons (Fsp3) is 0.500. The molecule has 1 aromatic carbocycles. The van der Waals surface area contributed by atoms with Crippen molar-refractivity contribution in [2.75, 3.05) is 5.32 Å². The molecule has 4 heteroatoms. The summed E-state index contributed by atoms with van der Waals surface area (Å²) in [4.78, 5) is 11.2. The van der Waals surface area contributed by atoms with E-state index in [1.165, 1.54) is 25.7 Å². The molecule has 1 aromatic rings. The molecular weight excluding hydrogens is 248 g/mol. The van der Waals surface area contributed by atoms with Crippen molar-refractivity contribution in [3.8, 4) is 0 Å². The van der Waals surface area contributed by atoms with E-state index in [0.717, 1.165) is 17.5 Å². The van der Waals surface area contributed by atoms with Gasteiger partial charge >= 0.3 is 0 Å². The van der Waals surface area contributed by atoms with Crippen LogP contribution in [0.5, 0.6) is 0 Å². The lowest BCUT2D eigenvalue weighted by molar-refractivity contribution is 0.100. The SMILES string of the molecule is NC(=O)c1cc(NC2CCCC3CC32)ccc1Cl. The third kappa shape index (κ3) is 2.19. The molecule has 0 spiro atoms. The number of nitrogens with two attached hydrogens (primary N) is 1. The predicted octanol–water partition coefficient (Wildman–Crippen LogP) is 3.04. The van der Waals surface area contributed by atoms with Gasteiger partial charge in [0.25, 0.3) is 0 Å². The first kappa shape index (κ1) is 11.8. The molecule has 1 amide bonds. The highest BCUT2D eigenvalue weighted by molar-refractivity contribution is 6.33. The Hall–Kier alpha value is -1.22. The van der Waals surface area contributed by atoms with Gasteiger partial charge in [-0.3, -0.25) is 4.79 Å². The number of carbonyl (C=O) groups excluding carboxylic acids is 1. The maximum atomic E-state index is 11.2. The molecule has 0 bridgehead atoms. The maximum absolute atomic E-state index is 11.2. The van der Waals surface area contributed by atoms with Crippen LogP contribution in [0.2, 0.25) is 5.02 Å². The van der Waals surface area contributed by atoms with E-state index in [2.05, 4.69) is 5.32 Å². The second-order valence-corrected chi connectivity index (χ2v) is 5.81. The molecule has 3 rings (SSSR count). The predicted molar refractivity (Wildman–Crippen MR) is 72.8 cm³/mol. The van der Waals surface area contributed by atoms with Gasteiger partial charge in [-0.2, -0.15) is 0 Å². The number of hydrogen-bond donors (Lipinski definition) is 2. The van der Waals surface area contributed by atoms with E-state index < -0.39 is 5.91 Å². The first-order chi connectivity index (χ1) is 8.65. The van der Waals surface area contributed by atoms with Gasteiger partial charge in [0.15, 0.2) is 0 Å². The molecule has 2 fully saturated rings. The number of hydrogen-bond acceptors (Lipinski definition) is 2. The Kier molecular flexibility index (Phi) is 2.94. The van der Waals surface area contributed by atoms with Gasteiger partial charge < -0.3 is 11.1 Å². The van der Waals surface area contributed by atoms with Crippen LogP contribution in [0.3, 0.4) is 0 Å². The molecule has 2 aliphatic rings. The number of anilines is 1. The van der Waals surface area contributed by atoms with E-state index in [1.807, 2.05) is 6.07 Å². The van der Waals surface area contributed by atoms with Crippen molar-refractivity contribution in [2.45, 2.75) is 31.7 Å². The van der Waals surface area contributed by atoms with Gasteiger partial charge in [-0.05, 0) is 42.9 Å². The Bertz CT molecular complexity index is 489. The fourth-order valence-corrected chi connectivity index (χ4v) is 3.32. The van der Waals surface area contributed by atoms with E-state index in [-0.39, 0.29) is 0 Å². The summed E-state index contributed by atoms with van der Waals surface area (Å²) in [6.07, 6.45) is 5.26. The van der Waals surface area contributed by atoms with Crippen molar-refractivity contribution in [3.63, 3.8) is 0 Å². The Labute approximate surface area is 112 Å². The molecule has 0 aliphatic heterocycles. The molecular formula is C14H17ClN2O. The van der Waals surface area contributed by atoms with Gasteiger partial charge in [0.2, 0.25) is 5.91 Å². The molecule has 3 unspecified atom stereocenters. The topological polar surface area (TPSA) is 55.1 Å². The molecule has 18 heavy (non-hydrogen) atoms. The minimum Gasteiger partial charge on any atom is -0.382 e. The number of nitrogens with one attached hydrogen (secondary N) is 1. The third-order valence-corrected chi connectivity index (χ3v) is 4.50. The smallest absolute Gasteiger partial charge is 0.250 e. The van der Waals surface area contributed by atoms with Gasteiger partial charge in [0, 0.05) is 11.7 Å². The summed E-state index contributed by atoms with van der Waals surface area (Å²) in [6.45, 7) is 0. The minimum atomic E-state index is -0.475. The molecule has 3 N–H and O–H groups in total. The highest BCUT2D eigenvalue weighted by atomic mass is 35.5. The van der Waals surface area contributed by atoms with Gasteiger partial charge in [-0.1, -0.05) is 24.4 Å². The van der Waals surface area contributed by atoms with E-state index in [0.29, 0.717) is 16.6 Å². The summed E-state index contributed by atoms with van der Waals surface area (Å²) >= 11 is 5.94. The van der Waals surface area contributed by atoms with E-state index >= 15 is 0 Å². The Morgan fingerprint density at radius 3 is 3.00 bits per heavy atom. The van der Waals surface area contributed by atoms with Crippen LogP contribution in [-0.2, 0) is 0 Å².